The Bertz CT molecular complexity index is 697. The number of amides is 1. The van der Waals surface area contributed by atoms with Crippen LogP contribution in [0.2, 0.25) is 0 Å². The van der Waals surface area contributed by atoms with Crippen molar-refractivity contribution >= 4 is 11.6 Å². The molecule has 4 heteroatoms. The third kappa shape index (κ3) is 3.70. The van der Waals surface area contributed by atoms with Gasteiger partial charge in [0.25, 0.3) is 5.91 Å². The second-order valence-electron chi connectivity index (χ2n) is 6.44. The third-order valence-electron chi connectivity index (χ3n) is 4.14. The van der Waals surface area contributed by atoms with Crippen molar-refractivity contribution in [2.24, 2.45) is 5.92 Å². The first-order valence-corrected chi connectivity index (χ1v) is 8.19. The Balaban J connectivity index is 1.74. The maximum Gasteiger partial charge on any atom is 0.269 e. The summed E-state index contributed by atoms with van der Waals surface area (Å²) in [5, 5.41) is 2.92. The molecule has 2 heterocycles. The number of carbonyl (C=O) groups is 1. The number of hydrogen-bond donors (Lipinski definition) is 1. The van der Waals surface area contributed by atoms with Crippen molar-refractivity contribution in [2.45, 2.75) is 26.8 Å². The molecule has 4 nitrogen and oxygen atoms in total. The van der Waals surface area contributed by atoms with Gasteiger partial charge in [-0.2, -0.15) is 0 Å². The summed E-state index contributed by atoms with van der Waals surface area (Å²) in [6.45, 7) is 6.67. The fourth-order valence-electron chi connectivity index (χ4n) is 2.84. The molecule has 1 aromatic heterocycles. The van der Waals surface area contributed by atoms with Gasteiger partial charge in [-0.25, -0.2) is 0 Å². The molecule has 1 amide bonds. The summed E-state index contributed by atoms with van der Waals surface area (Å²) in [6.07, 6.45) is 2.76. The minimum absolute atomic E-state index is 0.0991. The molecule has 0 bridgehead atoms. The maximum atomic E-state index is 12.2. The molecule has 0 aliphatic carbocycles. The van der Waals surface area contributed by atoms with Gasteiger partial charge in [0.1, 0.15) is 5.69 Å². The monoisotopic (exact) mass is 309 g/mol. The fourth-order valence-corrected chi connectivity index (χ4v) is 2.84. The van der Waals surface area contributed by atoms with Crippen LogP contribution in [0.4, 0.5) is 5.69 Å². The Morgan fingerprint density at radius 2 is 2.04 bits per heavy atom. The van der Waals surface area contributed by atoms with Crippen LogP contribution in [0, 0.1) is 5.92 Å². The average Bonchev–Trinajstić information content (AvgIpc) is 2.59. The second kappa shape index (κ2) is 6.82. The van der Waals surface area contributed by atoms with E-state index in [2.05, 4.69) is 53.3 Å². The number of anilines is 1. The normalized spacial score (nSPS) is 13.8. The van der Waals surface area contributed by atoms with Gasteiger partial charge in [-0.3, -0.25) is 9.78 Å². The Labute approximate surface area is 137 Å². The molecule has 120 valence electrons. The standard InChI is InChI=1S/C19H23N3O/c1-14(2)12-21-19(23)18-11-17(7-9-20-18)22-10-8-15-5-3-4-6-16(15)13-22/h3-7,9,11,14H,8,10,12-13H2,1-2H3,(H,21,23). The Morgan fingerprint density at radius 3 is 2.83 bits per heavy atom. The maximum absolute atomic E-state index is 12.2. The Kier molecular flexibility index (Phi) is 4.60. The highest BCUT2D eigenvalue weighted by Crippen LogP contribution is 2.24. The van der Waals surface area contributed by atoms with Gasteiger partial charge < -0.3 is 10.2 Å². The topological polar surface area (TPSA) is 45.2 Å². The van der Waals surface area contributed by atoms with Crippen molar-refractivity contribution in [2.75, 3.05) is 18.0 Å². The number of hydrogen-bond acceptors (Lipinski definition) is 3. The van der Waals surface area contributed by atoms with E-state index in [1.807, 2.05) is 12.1 Å². The van der Waals surface area contributed by atoms with Gasteiger partial charge in [-0.15, -0.1) is 0 Å². The van der Waals surface area contributed by atoms with Crippen molar-refractivity contribution in [3.63, 3.8) is 0 Å². The summed E-state index contributed by atoms with van der Waals surface area (Å²) in [5.41, 5.74) is 4.33. The lowest BCUT2D eigenvalue weighted by molar-refractivity contribution is 0.0944. The van der Waals surface area contributed by atoms with Crippen LogP contribution in [-0.2, 0) is 13.0 Å². The van der Waals surface area contributed by atoms with Crippen molar-refractivity contribution in [3.8, 4) is 0 Å². The largest absolute Gasteiger partial charge is 0.367 e. The van der Waals surface area contributed by atoms with Crippen molar-refractivity contribution in [1.82, 2.24) is 10.3 Å². The van der Waals surface area contributed by atoms with Gasteiger partial charge in [-0.1, -0.05) is 38.1 Å². The van der Waals surface area contributed by atoms with E-state index >= 15 is 0 Å². The number of carbonyl (C=O) groups excluding carboxylic acids is 1. The average molecular weight is 309 g/mol. The Hall–Kier alpha value is -2.36. The zero-order valence-electron chi connectivity index (χ0n) is 13.7. The van der Waals surface area contributed by atoms with Crippen LogP contribution in [0.15, 0.2) is 42.6 Å². The molecule has 1 N–H and O–H groups in total. The van der Waals surface area contributed by atoms with E-state index in [0.29, 0.717) is 18.2 Å². The first kappa shape index (κ1) is 15.5. The molecule has 0 saturated carbocycles. The SMILES string of the molecule is CC(C)CNC(=O)c1cc(N2CCc3ccccc3C2)ccn1. The lowest BCUT2D eigenvalue weighted by atomic mass is 9.99. The highest BCUT2D eigenvalue weighted by atomic mass is 16.1. The molecule has 0 spiro atoms. The molecule has 23 heavy (non-hydrogen) atoms. The molecule has 1 aliphatic heterocycles. The quantitative estimate of drug-likeness (QED) is 0.944. The summed E-state index contributed by atoms with van der Waals surface area (Å²) >= 11 is 0. The van der Waals surface area contributed by atoms with Crippen LogP contribution in [0.1, 0.15) is 35.5 Å². The van der Waals surface area contributed by atoms with E-state index < -0.39 is 0 Å². The van der Waals surface area contributed by atoms with E-state index in [1.54, 1.807) is 6.20 Å². The van der Waals surface area contributed by atoms with E-state index in [0.717, 1.165) is 25.2 Å². The zero-order valence-corrected chi connectivity index (χ0v) is 13.7. The van der Waals surface area contributed by atoms with Gasteiger partial charge >= 0.3 is 0 Å². The fraction of sp³-hybridized carbons (Fsp3) is 0.368. The molecule has 1 aliphatic rings. The summed E-state index contributed by atoms with van der Waals surface area (Å²) in [6, 6.07) is 12.4. The first-order valence-electron chi connectivity index (χ1n) is 8.19. The molecule has 0 atom stereocenters. The van der Waals surface area contributed by atoms with Crippen molar-refractivity contribution in [1.29, 1.82) is 0 Å². The lowest BCUT2D eigenvalue weighted by Gasteiger charge is -2.30. The molecule has 2 aromatic rings. The number of pyridine rings is 1. The molecule has 0 fully saturated rings. The summed E-state index contributed by atoms with van der Waals surface area (Å²) < 4.78 is 0. The lowest BCUT2D eigenvalue weighted by Crippen LogP contribution is -2.31. The summed E-state index contributed by atoms with van der Waals surface area (Å²) in [5.74, 6) is 0.332. The second-order valence-corrected chi connectivity index (χ2v) is 6.44. The van der Waals surface area contributed by atoms with Gasteiger partial charge in [0, 0.05) is 31.5 Å². The highest BCUT2D eigenvalue weighted by Gasteiger charge is 2.17. The molecular formula is C19H23N3O. The predicted molar refractivity (Wildman–Crippen MR) is 92.6 cm³/mol. The molecule has 1 aromatic carbocycles. The van der Waals surface area contributed by atoms with E-state index in [1.165, 1.54) is 11.1 Å². The number of fused-ring (bicyclic) bond motifs is 1. The van der Waals surface area contributed by atoms with Crippen LogP contribution in [-0.4, -0.2) is 24.0 Å². The van der Waals surface area contributed by atoms with Crippen LogP contribution < -0.4 is 10.2 Å². The van der Waals surface area contributed by atoms with Gasteiger partial charge in [0.05, 0.1) is 0 Å². The zero-order chi connectivity index (χ0) is 16.2. The molecular weight excluding hydrogens is 286 g/mol. The summed E-state index contributed by atoms with van der Waals surface area (Å²) in [4.78, 5) is 18.7. The van der Waals surface area contributed by atoms with Crippen LogP contribution in [0.3, 0.4) is 0 Å². The van der Waals surface area contributed by atoms with Crippen LogP contribution >= 0.6 is 0 Å². The van der Waals surface area contributed by atoms with E-state index in [-0.39, 0.29) is 5.91 Å². The highest BCUT2D eigenvalue weighted by molar-refractivity contribution is 5.93. The van der Waals surface area contributed by atoms with Gasteiger partial charge in [0.2, 0.25) is 0 Å². The van der Waals surface area contributed by atoms with Crippen LogP contribution in [0.25, 0.3) is 0 Å². The van der Waals surface area contributed by atoms with E-state index in [9.17, 15) is 4.79 Å². The number of rotatable bonds is 4. The van der Waals surface area contributed by atoms with Crippen LogP contribution in [0.5, 0.6) is 0 Å². The van der Waals surface area contributed by atoms with Crippen molar-refractivity contribution < 1.29 is 4.79 Å². The Morgan fingerprint density at radius 1 is 1.26 bits per heavy atom. The molecule has 0 radical (unpaired) electrons. The number of aromatic nitrogens is 1. The first-order chi connectivity index (χ1) is 11.1. The minimum atomic E-state index is -0.0991. The molecule has 3 rings (SSSR count). The summed E-state index contributed by atoms with van der Waals surface area (Å²) in [7, 11) is 0. The molecule has 0 saturated heterocycles. The predicted octanol–water partition coefficient (Wildman–Crippen LogP) is 3.03. The third-order valence-corrected chi connectivity index (χ3v) is 4.14. The smallest absolute Gasteiger partial charge is 0.269 e. The van der Waals surface area contributed by atoms with Gasteiger partial charge in [-0.05, 0) is 35.6 Å². The number of benzene rings is 1. The van der Waals surface area contributed by atoms with Crippen molar-refractivity contribution in [3.05, 3.63) is 59.4 Å². The number of nitrogens with one attached hydrogen (secondary N) is 1. The van der Waals surface area contributed by atoms with E-state index in [4.69, 9.17) is 0 Å². The number of nitrogens with zero attached hydrogens (tertiary/aromatic N) is 2. The van der Waals surface area contributed by atoms with Gasteiger partial charge in [0.15, 0.2) is 0 Å². The minimum Gasteiger partial charge on any atom is -0.367 e. The molecule has 0 unspecified atom stereocenters.